The van der Waals surface area contributed by atoms with Gasteiger partial charge in [0.25, 0.3) is 0 Å². The van der Waals surface area contributed by atoms with Crippen LogP contribution in [0, 0.1) is 6.92 Å². The first-order chi connectivity index (χ1) is 9.81. The average molecular weight is 315 g/mol. The molecule has 1 aromatic rings. The van der Waals surface area contributed by atoms with Gasteiger partial charge in [0.2, 0.25) is 10.0 Å². The zero-order valence-electron chi connectivity index (χ0n) is 12.4. The molecule has 0 aliphatic rings. The highest BCUT2D eigenvalue weighted by Gasteiger charge is 2.20. The number of nitrogens with one attached hydrogen (secondary N) is 1. The zero-order chi connectivity index (χ0) is 16.0. The number of sulfonamides is 1. The second-order valence-electron chi connectivity index (χ2n) is 4.77. The van der Waals surface area contributed by atoms with E-state index >= 15 is 0 Å². The van der Waals surface area contributed by atoms with E-state index in [2.05, 4.69) is 9.46 Å². The maximum absolute atomic E-state index is 12.3. The van der Waals surface area contributed by atoms with Crippen molar-refractivity contribution < 1.29 is 23.1 Å². The third kappa shape index (κ3) is 4.80. The molecule has 0 radical (unpaired) electrons. The Bertz CT molecular complexity index is 597. The number of carbonyl (C=O) groups excluding carboxylic acids is 1. The number of aliphatic hydroxyl groups excluding tert-OH is 1. The number of hydrogen-bond donors (Lipinski definition) is 2. The highest BCUT2D eigenvalue weighted by molar-refractivity contribution is 7.89. The van der Waals surface area contributed by atoms with E-state index in [0.717, 1.165) is 6.42 Å². The number of aliphatic hydroxyl groups is 1. The van der Waals surface area contributed by atoms with Gasteiger partial charge in [-0.05, 0) is 31.0 Å². The van der Waals surface area contributed by atoms with Crippen LogP contribution >= 0.6 is 0 Å². The minimum absolute atomic E-state index is 0.00842. The predicted molar refractivity (Wildman–Crippen MR) is 78.6 cm³/mol. The Kier molecular flexibility index (Phi) is 6.32. The van der Waals surface area contributed by atoms with Crippen LogP contribution in [0.2, 0.25) is 0 Å². The number of hydrogen-bond acceptors (Lipinski definition) is 5. The maximum Gasteiger partial charge on any atom is 0.337 e. The minimum Gasteiger partial charge on any atom is -0.465 e. The van der Waals surface area contributed by atoms with Crippen LogP contribution in [0.1, 0.15) is 35.7 Å². The van der Waals surface area contributed by atoms with Gasteiger partial charge in [-0.25, -0.2) is 17.9 Å². The lowest BCUT2D eigenvalue weighted by Gasteiger charge is -2.13. The molecular formula is C14H21NO5S. The molecule has 0 saturated carbocycles. The van der Waals surface area contributed by atoms with E-state index in [1.54, 1.807) is 13.0 Å². The number of aryl methyl sites for hydroxylation is 1. The molecule has 0 amide bonds. The zero-order valence-corrected chi connectivity index (χ0v) is 13.2. The minimum atomic E-state index is -3.79. The van der Waals surface area contributed by atoms with Crippen LogP contribution in [0.25, 0.3) is 0 Å². The maximum atomic E-state index is 12.3. The molecule has 7 heteroatoms. The van der Waals surface area contributed by atoms with Crippen molar-refractivity contribution in [3.8, 4) is 0 Å². The number of ether oxygens (including phenoxy) is 1. The lowest BCUT2D eigenvalue weighted by Crippen LogP contribution is -2.32. The van der Waals surface area contributed by atoms with Gasteiger partial charge in [-0.1, -0.05) is 19.4 Å². The van der Waals surface area contributed by atoms with Gasteiger partial charge in [0.15, 0.2) is 0 Å². The van der Waals surface area contributed by atoms with Gasteiger partial charge in [-0.3, -0.25) is 0 Å². The second kappa shape index (κ2) is 7.53. The Morgan fingerprint density at radius 3 is 2.67 bits per heavy atom. The molecule has 0 bridgehead atoms. The van der Waals surface area contributed by atoms with Crippen LogP contribution in [0.5, 0.6) is 0 Å². The van der Waals surface area contributed by atoms with E-state index in [4.69, 9.17) is 0 Å². The molecule has 1 aromatic carbocycles. The van der Waals surface area contributed by atoms with Crippen LogP contribution in [0.15, 0.2) is 23.1 Å². The fourth-order valence-electron chi connectivity index (χ4n) is 1.85. The van der Waals surface area contributed by atoms with Crippen LogP contribution in [0.4, 0.5) is 0 Å². The van der Waals surface area contributed by atoms with E-state index < -0.39 is 22.1 Å². The fraction of sp³-hybridized carbons (Fsp3) is 0.500. The summed E-state index contributed by atoms with van der Waals surface area (Å²) < 4.78 is 31.4. The topological polar surface area (TPSA) is 92.7 Å². The third-order valence-electron chi connectivity index (χ3n) is 3.03. The van der Waals surface area contributed by atoms with E-state index in [-0.39, 0.29) is 17.0 Å². The molecule has 6 nitrogen and oxygen atoms in total. The van der Waals surface area contributed by atoms with Gasteiger partial charge in [0.05, 0.1) is 23.7 Å². The SMILES string of the molecule is CCCC(O)CNS(=O)(=O)c1cc(C(=O)OC)ccc1C. The van der Waals surface area contributed by atoms with Crippen LogP contribution in [-0.4, -0.2) is 39.3 Å². The molecule has 0 aromatic heterocycles. The Labute approximate surface area is 125 Å². The molecule has 0 spiro atoms. The Hall–Kier alpha value is -1.44. The number of carbonyl (C=O) groups is 1. The lowest BCUT2D eigenvalue weighted by atomic mass is 10.1. The predicted octanol–water partition coefficient (Wildman–Crippen LogP) is 1.22. The first kappa shape index (κ1) is 17.6. The summed E-state index contributed by atoms with van der Waals surface area (Å²) in [5, 5.41) is 9.61. The third-order valence-corrected chi connectivity index (χ3v) is 4.60. The van der Waals surface area contributed by atoms with Crippen molar-refractivity contribution >= 4 is 16.0 Å². The molecule has 1 rings (SSSR count). The van der Waals surface area contributed by atoms with Gasteiger partial charge in [-0.15, -0.1) is 0 Å². The van der Waals surface area contributed by atoms with Crippen LogP contribution < -0.4 is 4.72 Å². The first-order valence-corrected chi connectivity index (χ1v) is 8.16. The van der Waals surface area contributed by atoms with E-state index in [9.17, 15) is 18.3 Å². The van der Waals surface area contributed by atoms with Gasteiger partial charge >= 0.3 is 5.97 Å². The summed E-state index contributed by atoms with van der Waals surface area (Å²) in [7, 11) is -2.55. The highest BCUT2D eigenvalue weighted by Crippen LogP contribution is 2.17. The molecule has 118 valence electrons. The summed E-state index contributed by atoms with van der Waals surface area (Å²) in [6.45, 7) is 3.48. The largest absolute Gasteiger partial charge is 0.465 e. The monoisotopic (exact) mass is 315 g/mol. The number of benzene rings is 1. The first-order valence-electron chi connectivity index (χ1n) is 6.68. The van der Waals surface area contributed by atoms with Crippen molar-refractivity contribution in [1.29, 1.82) is 0 Å². The smallest absolute Gasteiger partial charge is 0.337 e. The van der Waals surface area contributed by atoms with Gasteiger partial charge in [-0.2, -0.15) is 0 Å². The molecule has 2 N–H and O–H groups in total. The van der Waals surface area contributed by atoms with Crippen molar-refractivity contribution in [2.75, 3.05) is 13.7 Å². The van der Waals surface area contributed by atoms with E-state index in [1.807, 2.05) is 6.92 Å². The standard InChI is InChI=1S/C14H21NO5S/c1-4-5-12(16)9-15-21(18,19)13-8-11(14(17)20-3)7-6-10(13)2/h6-8,12,15-16H,4-5,9H2,1-3H3. The molecule has 0 aliphatic carbocycles. The summed E-state index contributed by atoms with van der Waals surface area (Å²) in [5.74, 6) is -0.600. The molecule has 0 saturated heterocycles. The van der Waals surface area contributed by atoms with Crippen LogP contribution in [0.3, 0.4) is 0 Å². The van der Waals surface area contributed by atoms with E-state index in [1.165, 1.54) is 19.2 Å². The molecule has 0 heterocycles. The van der Waals surface area contributed by atoms with Gasteiger partial charge in [0.1, 0.15) is 0 Å². The summed E-state index contributed by atoms with van der Waals surface area (Å²) >= 11 is 0. The number of methoxy groups -OCH3 is 1. The summed E-state index contributed by atoms with van der Waals surface area (Å²) in [6.07, 6.45) is 0.553. The molecule has 0 fully saturated rings. The number of esters is 1. The van der Waals surface area contributed by atoms with E-state index in [0.29, 0.717) is 12.0 Å². The van der Waals surface area contributed by atoms with Crippen molar-refractivity contribution in [3.63, 3.8) is 0 Å². The van der Waals surface area contributed by atoms with Gasteiger partial charge < -0.3 is 9.84 Å². The Balaban J connectivity index is 2.99. The molecule has 1 unspecified atom stereocenters. The molecular weight excluding hydrogens is 294 g/mol. The average Bonchev–Trinajstić information content (AvgIpc) is 2.45. The normalized spacial score (nSPS) is 13.0. The summed E-state index contributed by atoms with van der Waals surface area (Å²) in [6, 6.07) is 4.32. The van der Waals surface area contributed by atoms with Crippen molar-refractivity contribution in [3.05, 3.63) is 29.3 Å². The summed E-state index contributed by atoms with van der Waals surface area (Å²) in [5.41, 5.74) is 0.678. The quantitative estimate of drug-likeness (QED) is 0.738. The Morgan fingerprint density at radius 2 is 2.10 bits per heavy atom. The lowest BCUT2D eigenvalue weighted by molar-refractivity contribution is 0.0600. The second-order valence-corrected chi connectivity index (χ2v) is 6.50. The van der Waals surface area contributed by atoms with Gasteiger partial charge in [0, 0.05) is 6.54 Å². The van der Waals surface area contributed by atoms with Crippen molar-refractivity contribution in [2.24, 2.45) is 0 Å². The van der Waals surface area contributed by atoms with Crippen LogP contribution in [-0.2, 0) is 14.8 Å². The molecule has 1 atom stereocenters. The Morgan fingerprint density at radius 1 is 1.43 bits per heavy atom. The molecule has 0 aliphatic heterocycles. The summed E-state index contributed by atoms with van der Waals surface area (Å²) in [4.78, 5) is 11.5. The number of rotatable bonds is 7. The molecule has 21 heavy (non-hydrogen) atoms. The van der Waals surface area contributed by atoms with Crippen molar-refractivity contribution in [1.82, 2.24) is 4.72 Å². The van der Waals surface area contributed by atoms with Crippen molar-refractivity contribution in [2.45, 2.75) is 37.7 Å². The highest BCUT2D eigenvalue weighted by atomic mass is 32.2. The fourth-order valence-corrected chi connectivity index (χ4v) is 3.19.